The topological polar surface area (TPSA) is 67.2 Å². The number of nitrogens with zero attached hydrogens (tertiary/aromatic N) is 2. The van der Waals surface area contributed by atoms with Gasteiger partial charge >= 0.3 is 0 Å². The van der Waals surface area contributed by atoms with Gasteiger partial charge in [0, 0.05) is 24.0 Å². The number of carbonyl (C=O) groups excluding carboxylic acids is 1. The van der Waals surface area contributed by atoms with Crippen molar-refractivity contribution in [3.8, 4) is 0 Å². The number of aromatic nitrogens is 2. The van der Waals surface area contributed by atoms with Gasteiger partial charge in [-0.25, -0.2) is 0 Å². The van der Waals surface area contributed by atoms with Crippen LogP contribution in [0.5, 0.6) is 0 Å². The molecule has 0 spiro atoms. The van der Waals surface area contributed by atoms with E-state index in [9.17, 15) is 9.90 Å². The van der Waals surface area contributed by atoms with Gasteiger partial charge in [0.25, 0.3) is 5.91 Å². The van der Waals surface area contributed by atoms with Gasteiger partial charge in [0.15, 0.2) is 0 Å². The van der Waals surface area contributed by atoms with E-state index in [0.717, 1.165) is 12.2 Å². The predicted octanol–water partition coefficient (Wildman–Crippen LogP) is 1.87. The van der Waals surface area contributed by atoms with Crippen LogP contribution in [0.1, 0.15) is 49.7 Å². The van der Waals surface area contributed by atoms with Gasteiger partial charge in [0.05, 0.1) is 17.9 Å². The van der Waals surface area contributed by atoms with E-state index in [4.69, 9.17) is 0 Å². The summed E-state index contributed by atoms with van der Waals surface area (Å²) in [6, 6.07) is -0.0903. The molecule has 2 atom stereocenters. The molecule has 1 amide bonds. The molecule has 6 heteroatoms. The molecular weight excluding hydrogens is 274 g/mol. The van der Waals surface area contributed by atoms with Crippen molar-refractivity contribution in [3.63, 3.8) is 0 Å². The van der Waals surface area contributed by atoms with Gasteiger partial charge < -0.3 is 10.4 Å². The van der Waals surface area contributed by atoms with Crippen LogP contribution in [0.3, 0.4) is 0 Å². The average molecular weight is 299 g/mol. The Morgan fingerprint density at radius 3 is 2.60 bits per heavy atom. The first kappa shape index (κ1) is 17.0. The number of nitrogens with one attached hydrogen (secondary N) is 1. The highest BCUT2D eigenvalue weighted by Gasteiger charge is 2.22. The van der Waals surface area contributed by atoms with Gasteiger partial charge in [-0.15, -0.1) is 0 Å². The number of carbonyl (C=O) groups is 1. The third-order valence-electron chi connectivity index (χ3n) is 3.30. The van der Waals surface area contributed by atoms with Crippen molar-refractivity contribution in [1.29, 1.82) is 0 Å². The molecule has 0 aliphatic rings. The molecule has 20 heavy (non-hydrogen) atoms. The van der Waals surface area contributed by atoms with Gasteiger partial charge in [-0.05, 0) is 26.0 Å². The summed E-state index contributed by atoms with van der Waals surface area (Å²) in [5.41, 5.74) is 1.45. The summed E-state index contributed by atoms with van der Waals surface area (Å²) in [7, 11) is 0. The molecule has 114 valence electrons. The fourth-order valence-corrected chi connectivity index (χ4v) is 2.64. The normalized spacial score (nSPS) is 14.3. The van der Waals surface area contributed by atoms with Crippen LogP contribution in [0.2, 0.25) is 0 Å². The van der Waals surface area contributed by atoms with Gasteiger partial charge in [0.1, 0.15) is 0 Å². The maximum atomic E-state index is 12.4. The molecule has 1 heterocycles. The first-order valence-electron chi connectivity index (χ1n) is 6.96. The molecule has 5 nitrogen and oxygen atoms in total. The second kappa shape index (κ2) is 7.69. The molecule has 0 bridgehead atoms. The molecule has 2 unspecified atom stereocenters. The summed E-state index contributed by atoms with van der Waals surface area (Å²) >= 11 is 1.55. The zero-order valence-corrected chi connectivity index (χ0v) is 13.7. The van der Waals surface area contributed by atoms with E-state index < -0.39 is 0 Å². The maximum absolute atomic E-state index is 12.4. The van der Waals surface area contributed by atoms with Crippen LogP contribution >= 0.6 is 11.8 Å². The number of hydrogen-bond acceptors (Lipinski definition) is 4. The summed E-state index contributed by atoms with van der Waals surface area (Å²) < 4.78 is 1.78. The molecule has 0 aromatic carbocycles. The van der Waals surface area contributed by atoms with Crippen LogP contribution in [0.15, 0.2) is 6.20 Å². The monoisotopic (exact) mass is 299 g/mol. The largest absolute Gasteiger partial charge is 0.395 e. The summed E-state index contributed by atoms with van der Waals surface area (Å²) in [5, 5.41) is 16.7. The van der Waals surface area contributed by atoms with Crippen molar-refractivity contribution in [2.24, 2.45) is 0 Å². The lowest BCUT2D eigenvalue weighted by Gasteiger charge is -2.21. The Morgan fingerprint density at radius 2 is 2.15 bits per heavy atom. The van der Waals surface area contributed by atoms with Crippen molar-refractivity contribution in [2.45, 2.75) is 51.4 Å². The van der Waals surface area contributed by atoms with Crippen LogP contribution in [0.25, 0.3) is 0 Å². The van der Waals surface area contributed by atoms with Crippen molar-refractivity contribution >= 4 is 17.7 Å². The average Bonchev–Trinajstić information content (AvgIpc) is 2.84. The zero-order valence-electron chi connectivity index (χ0n) is 12.9. The molecule has 2 N–H and O–H groups in total. The molecule has 1 aromatic rings. The van der Waals surface area contributed by atoms with Gasteiger partial charge in [-0.3, -0.25) is 9.48 Å². The summed E-state index contributed by atoms with van der Waals surface area (Å²) in [6.07, 6.45) is 3.72. The Bertz CT molecular complexity index is 442. The number of thioether (sulfide) groups is 1. The highest BCUT2D eigenvalue weighted by atomic mass is 32.2. The SMILES string of the molecule is CCn1cc(C(=O)NC(C)C(CO)SC)c(C(C)C)n1. The minimum atomic E-state index is -0.117. The van der Waals surface area contributed by atoms with Crippen LogP contribution < -0.4 is 5.32 Å². The molecule has 0 saturated heterocycles. The van der Waals surface area contributed by atoms with Crippen molar-refractivity contribution in [2.75, 3.05) is 12.9 Å². The summed E-state index contributed by atoms with van der Waals surface area (Å²) in [6.45, 7) is 8.76. The fraction of sp³-hybridized carbons (Fsp3) is 0.714. The quantitative estimate of drug-likeness (QED) is 0.806. The maximum Gasteiger partial charge on any atom is 0.255 e. The Hall–Kier alpha value is -1.01. The van der Waals surface area contributed by atoms with Crippen molar-refractivity contribution in [1.82, 2.24) is 15.1 Å². The van der Waals surface area contributed by atoms with Gasteiger partial charge in [0.2, 0.25) is 0 Å². The lowest BCUT2D eigenvalue weighted by Crippen LogP contribution is -2.41. The first-order chi connectivity index (χ1) is 9.44. The number of rotatable bonds is 7. The highest BCUT2D eigenvalue weighted by Crippen LogP contribution is 2.18. The smallest absolute Gasteiger partial charge is 0.255 e. The van der Waals surface area contributed by atoms with Crippen LogP contribution in [0.4, 0.5) is 0 Å². The van der Waals surface area contributed by atoms with Crippen LogP contribution in [0, 0.1) is 0 Å². The zero-order chi connectivity index (χ0) is 15.3. The minimum absolute atomic E-state index is 0.00247. The lowest BCUT2D eigenvalue weighted by molar-refractivity contribution is 0.0934. The molecular formula is C14H25N3O2S. The van der Waals surface area contributed by atoms with Crippen LogP contribution in [-0.2, 0) is 6.54 Å². The Morgan fingerprint density at radius 1 is 1.50 bits per heavy atom. The van der Waals surface area contributed by atoms with E-state index in [2.05, 4.69) is 10.4 Å². The second-order valence-corrected chi connectivity index (χ2v) is 6.23. The summed E-state index contributed by atoms with van der Waals surface area (Å²) in [5.74, 6) is 0.0847. The molecule has 0 saturated carbocycles. The number of aryl methyl sites for hydroxylation is 1. The van der Waals surface area contributed by atoms with E-state index >= 15 is 0 Å². The Labute approximate surface area is 125 Å². The van der Waals surface area contributed by atoms with Crippen molar-refractivity contribution in [3.05, 3.63) is 17.5 Å². The Balaban J connectivity index is 2.89. The van der Waals surface area contributed by atoms with Crippen LogP contribution in [-0.4, -0.2) is 44.9 Å². The third kappa shape index (κ3) is 3.99. The first-order valence-corrected chi connectivity index (χ1v) is 8.25. The number of amides is 1. The van der Waals surface area contributed by atoms with E-state index in [1.807, 2.05) is 34.0 Å². The minimum Gasteiger partial charge on any atom is -0.395 e. The molecule has 1 rings (SSSR count). The van der Waals surface area contributed by atoms with E-state index in [1.165, 1.54) is 0 Å². The van der Waals surface area contributed by atoms with E-state index in [-0.39, 0.29) is 29.7 Å². The standard InChI is InChI=1S/C14H25N3O2S/c1-6-17-7-11(13(16-17)9(2)3)14(19)15-10(4)12(8-18)20-5/h7,9-10,12,18H,6,8H2,1-5H3,(H,15,19). The number of aliphatic hydroxyl groups excluding tert-OH is 1. The highest BCUT2D eigenvalue weighted by molar-refractivity contribution is 7.99. The van der Waals surface area contributed by atoms with E-state index in [1.54, 1.807) is 22.6 Å². The fourth-order valence-electron chi connectivity index (χ4n) is 2.01. The lowest BCUT2D eigenvalue weighted by atomic mass is 10.1. The predicted molar refractivity (Wildman–Crippen MR) is 83.3 cm³/mol. The number of hydrogen-bond donors (Lipinski definition) is 2. The molecule has 0 aliphatic heterocycles. The molecule has 1 aromatic heterocycles. The van der Waals surface area contributed by atoms with Gasteiger partial charge in [-0.1, -0.05) is 13.8 Å². The second-order valence-electron chi connectivity index (χ2n) is 5.16. The summed E-state index contributed by atoms with van der Waals surface area (Å²) in [4.78, 5) is 12.4. The molecule has 0 aliphatic carbocycles. The van der Waals surface area contributed by atoms with Gasteiger partial charge in [-0.2, -0.15) is 16.9 Å². The van der Waals surface area contributed by atoms with Crippen molar-refractivity contribution < 1.29 is 9.90 Å². The number of aliphatic hydroxyl groups is 1. The Kier molecular flexibility index (Phi) is 6.55. The molecule has 0 fully saturated rings. The van der Waals surface area contributed by atoms with E-state index in [0.29, 0.717) is 5.56 Å². The third-order valence-corrected chi connectivity index (χ3v) is 4.47. The molecule has 0 radical (unpaired) electrons.